The van der Waals surface area contributed by atoms with E-state index in [9.17, 15) is 13.2 Å². The van der Waals surface area contributed by atoms with Gasteiger partial charge in [-0.25, -0.2) is 13.2 Å². The molecule has 0 aliphatic heterocycles. The second kappa shape index (κ2) is 6.60. The summed E-state index contributed by atoms with van der Waals surface area (Å²) in [6.45, 7) is 1.52. The molecule has 0 heterocycles. The zero-order chi connectivity index (χ0) is 17.1. The first-order valence-corrected chi connectivity index (χ1v) is 6.53. The monoisotopic (exact) mass is 325 g/mol. The highest BCUT2D eigenvalue weighted by Crippen LogP contribution is 2.41. The Balaban J connectivity index is 2.82. The van der Waals surface area contributed by atoms with Crippen molar-refractivity contribution >= 4 is 5.71 Å². The molecule has 2 aromatic carbocycles. The minimum Gasteiger partial charge on any atom is -0.493 e. The van der Waals surface area contributed by atoms with Crippen molar-refractivity contribution in [2.24, 2.45) is 5.16 Å². The third-order valence-corrected chi connectivity index (χ3v) is 3.37. The number of ether oxygens (including phenoxy) is 2. The molecule has 0 aliphatic rings. The molecule has 0 spiro atoms. The van der Waals surface area contributed by atoms with Gasteiger partial charge in [0.2, 0.25) is 0 Å². The lowest BCUT2D eigenvalue weighted by Crippen LogP contribution is -2.02. The molecular weight excluding hydrogens is 311 g/mol. The topological polar surface area (TPSA) is 51.0 Å². The normalized spacial score (nSPS) is 11.5. The van der Waals surface area contributed by atoms with Crippen molar-refractivity contribution in [3.63, 3.8) is 0 Å². The van der Waals surface area contributed by atoms with Gasteiger partial charge in [0.25, 0.3) is 0 Å². The van der Waals surface area contributed by atoms with Crippen molar-refractivity contribution in [1.29, 1.82) is 0 Å². The van der Waals surface area contributed by atoms with Crippen LogP contribution in [0.5, 0.6) is 11.5 Å². The van der Waals surface area contributed by atoms with Gasteiger partial charge in [-0.2, -0.15) is 0 Å². The third kappa shape index (κ3) is 2.94. The second-order valence-electron chi connectivity index (χ2n) is 4.67. The summed E-state index contributed by atoms with van der Waals surface area (Å²) in [7, 11) is 2.71. The molecule has 0 aromatic heterocycles. The Morgan fingerprint density at radius 2 is 1.70 bits per heavy atom. The Morgan fingerprint density at radius 3 is 2.26 bits per heavy atom. The van der Waals surface area contributed by atoms with E-state index in [1.807, 2.05) is 0 Å². The summed E-state index contributed by atoms with van der Waals surface area (Å²) >= 11 is 0. The predicted octanol–water partition coefficient (Wildman–Crippen LogP) is 3.99. The van der Waals surface area contributed by atoms with Gasteiger partial charge in [-0.05, 0) is 31.2 Å². The first-order valence-electron chi connectivity index (χ1n) is 6.53. The maximum Gasteiger partial charge on any atom is 0.195 e. The number of halogens is 3. The Hall–Kier alpha value is -2.70. The molecule has 4 nitrogen and oxygen atoms in total. The van der Waals surface area contributed by atoms with Gasteiger partial charge in [0, 0.05) is 16.7 Å². The molecule has 0 saturated carbocycles. The SMILES string of the molecule is COc1cc(/C(C)=N/O)cc(-c2ccc(F)c(F)c2F)c1OC. The smallest absolute Gasteiger partial charge is 0.195 e. The van der Waals surface area contributed by atoms with Gasteiger partial charge in [-0.3, -0.25) is 0 Å². The van der Waals surface area contributed by atoms with Crippen LogP contribution in [0.4, 0.5) is 13.2 Å². The summed E-state index contributed by atoms with van der Waals surface area (Å²) in [6, 6.07) is 4.88. The van der Waals surface area contributed by atoms with Crippen LogP contribution in [-0.4, -0.2) is 25.1 Å². The quantitative estimate of drug-likeness (QED) is 0.400. The molecule has 2 aromatic rings. The van der Waals surface area contributed by atoms with Gasteiger partial charge in [-0.15, -0.1) is 0 Å². The third-order valence-electron chi connectivity index (χ3n) is 3.37. The van der Waals surface area contributed by atoms with E-state index in [1.54, 1.807) is 0 Å². The highest BCUT2D eigenvalue weighted by Gasteiger charge is 2.21. The van der Waals surface area contributed by atoms with Crippen molar-refractivity contribution in [1.82, 2.24) is 0 Å². The van der Waals surface area contributed by atoms with Gasteiger partial charge in [0.05, 0.1) is 19.9 Å². The Labute approximate surface area is 130 Å². The van der Waals surface area contributed by atoms with Gasteiger partial charge in [-0.1, -0.05) is 5.16 Å². The highest BCUT2D eigenvalue weighted by atomic mass is 19.2. The van der Waals surface area contributed by atoms with Crippen LogP contribution in [0.3, 0.4) is 0 Å². The molecule has 0 unspecified atom stereocenters. The van der Waals surface area contributed by atoms with Crippen LogP contribution in [0.15, 0.2) is 29.4 Å². The molecule has 0 bridgehead atoms. The standard InChI is InChI=1S/C16H14F3NO3/c1-8(20-21)9-6-11(16(23-3)13(7-9)22-2)10-4-5-12(17)15(19)14(10)18/h4-7,21H,1-3H3/b20-8+. The molecular formula is C16H14F3NO3. The molecule has 2 rings (SSSR count). The van der Waals surface area contributed by atoms with Gasteiger partial charge in [0.15, 0.2) is 29.0 Å². The van der Waals surface area contributed by atoms with Crippen molar-refractivity contribution in [3.05, 3.63) is 47.3 Å². The maximum atomic E-state index is 14.1. The number of nitrogens with zero attached hydrogens (tertiary/aromatic N) is 1. The fraction of sp³-hybridized carbons (Fsp3) is 0.188. The van der Waals surface area contributed by atoms with E-state index >= 15 is 0 Å². The Bertz CT molecular complexity index is 776. The van der Waals surface area contributed by atoms with E-state index < -0.39 is 17.5 Å². The molecule has 1 N–H and O–H groups in total. The minimum atomic E-state index is -1.58. The summed E-state index contributed by atoms with van der Waals surface area (Å²) in [4.78, 5) is 0. The van der Waals surface area contributed by atoms with Crippen molar-refractivity contribution in [2.45, 2.75) is 6.92 Å². The fourth-order valence-electron chi connectivity index (χ4n) is 2.16. The highest BCUT2D eigenvalue weighted by molar-refractivity contribution is 6.00. The van der Waals surface area contributed by atoms with Crippen LogP contribution >= 0.6 is 0 Å². The maximum absolute atomic E-state index is 14.1. The van der Waals surface area contributed by atoms with Crippen LogP contribution < -0.4 is 9.47 Å². The fourth-order valence-corrected chi connectivity index (χ4v) is 2.16. The number of rotatable bonds is 4. The second-order valence-corrected chi connectivity index (χ2v) is 4.67. The summed E-state index contributed by atoms with van der Waals surface area (Å²) in [6.07, 6.45) is 0. The van der Waals surface area contributed by atoms with E-state index in [-0.39, 0.29) is 28.3 Å². The van der Waals surface area contributed by atoms with Crippen LogP contribution in [0.1, 0.15) is 12.5 Å². The van der Waals surface area contributed by atoms with E-state index in [4.69, 9.17) is 14.7 Å². The van der Waals surface area contributed by atoms with Gasteiger partial charge in [0.1, 0.15) is 0 Å². The molecule has 0 atom stereocenters. The molecule has 7 heteroatoms. The molecule has 122 valence electrons. The first kappa shape index (κ1) is 16.7. The zero-order valence-electron chi connectivity index (χ0n) is 12.7. The van der Waals surface area contributed by atoms with Gasteiger partial charge >= 0.3 is 0 Å². The van der Waals surface area contributed by atoms with Crippen LogP contribution in [0, 0.1) is 17.5 Å². The Kier molecular flexibility index (Phi) is 4.78. The van der Waals surface area contributed by atoms with E-state index in [1.165, 1.54) is 33.3 Å². The van der Waals surface area contributed by atoms with Crippen molar-refractivity contribution in [3.8, 4) is 22.6 Å². The van der Waals surface area contributed by atoms with Gasteiger partial charge < -0.3 is 14.7 Å². The first-order chi connectivity index (χ1) is 10.9. The summed E-state index contributed by atoms with van der Waals surface area (Å²) in [5.74, 6) is -3.84. The molecule has 0 fully saturated rings. The van der Waals surface area contributed by atoms with E-state index in [0.29, 0.717) is 5.56 Å². The number of benzene rings is 2. The number of methoxy groups -OCH3 is 2. The van der Waals surface area contributed by atoms with E-state index in [2.05, 4.69) is 5.16 Å². The number of oxime groups is 1. The summed E-state index contributed by atoms with van der Waals surface area (Å²) < 4.78 is 51.2. The number of hydrogen-bond acceptors (Lipinski definition) is 4. The van der Waals surface area contributed by atoms with Crippen molar-refractivity contribution < 1.29 is 27.9 Å². The lowest BCUT2D eigenvalue weighted by Gasteiger charge is -2.16. The molecule has 0 aliphatic carbocycles. The van der Waals surface area contributed by atoms with Crippen molar-refractivity contribution in [2.75, 3.05) is 14.2 Å². The van der Waals surface area contributed by atoms with Crippen LogP contribution in [0.2, 0.25) is 0 Å². The average molecular weight is 325 g/mol. The number of hydrogen-bond donors (Lipinski definition) is 1. The molecule has 0 saturated heterocycles. The van der Waals surface area contributed by atoms with E-state index in [0.717, 1.165) is 12.1 Å². The summed E-state index contributed by atoms with van der Waals surface area (Å²) in [5, 5.41) is 12.0. The predicted molar refractivity (Wildman–Crippen MR) is 78.9 cm³/mol. The lowest BCUT2D eigenvalue weighted by atomic mass is 9.98. The largest absolute Gasteiger partial charge is 0.493 e. The minimum absolute atomic E-state index is 0.140. The molecule has 0 radical (unpaired) electrons. The van der Waals surface area contributed by atoms with Crippen LogP contribution in [0.25, 0.3) is 11.1 Å². The van der Waals surface area contributed by atoms with Crippen LogP contribution in [-0.2, 0) is 0 Å². The lowest BCUT2D eigenvalue weighted by molar-refractivity contribution is 0.319. The summed E-state index contributed by atoms with van der Waals surface area (Å²) in [5.41, 5.74) is 0.576. The average Bonchev–Trinajstić information content (AvgIpc) is 2.57. The zero-order valence-corrected chi connectivity index (χ0v) is 12.7. The molecule has 23 heavy (non-hydrogen) atoms. The molecule has 0 amide bonds. The Morgan fingerprint density at radius 1 is 1.00 bits per heavy atom.